The maximum absolute atomic E-state index is 13.1. The van der Waals surface area contributed by atoms with Crippen LogP contribution in [0.25, 0.3) is 0 Å². The number of rotatable bonds is 6. The zero-order valence-corrected chi connectivity index (χ0v) is 8.85. The number of aryl methyl sites for hydroxylation is 1. The van der Waals surface area contributed by atoms with E-state index in [2.05, 4.69) is 13.0 Å². The second-order valence-corrected chi connectivity index (χ2v) is 3.68. The maximum atomic E-state index is 13.1. The first-order valence-corrected chi connectivity index (χ1v) is 5.49. The fraction of sp³-hybridized carbons (Fsp3) is 0.538. The van der Waals surface area contributed by atoms with Gasteiger partial charge in [-0.05, 0) is 30.5 Å². The average molecular weight is 193 g/mol. The Morgan fingerprint density at radius 3 is 2.71 bits per heavy atom. The second-order valence-electron chi connectivity index (χ2n) is 3.68. The summed E-state index contributed by atoms with van der Waals surface area (Å²) in [7, 11) is 0. The van der Waals surface area contributed by atoms with Gasteiger partial charge in [0.25, 0.3) is 0 Å². The molecule has 1 rings (SSSR count). The van der Waals surface area contributed by atoms with Crippen molar-refractivity contribution in [2.75, 3.05) is 0 Å². The molecule has 1 aromatic carbocycles. The molecule has 77 valence electrons. The summed E-state index contributed by atoms with van der Waals surface area (Å²) in [5, 5.41) is 0. The van der Waals surface area contributed by atoms with E-state index < -0.39 is 0 Å². The molecule has 0 amide bonds. The van der Waals surface area contributed by atoms with E-state index in [1.165, 1.54) is 31.7 Å². The smallest absolute Gasteiger partial charge is 0.127 e. The molecule has 0 atom stereocenters. The van der Waals surface area contributed by atoms with Gasteiger partial charge in [0.15, 0.2) is 0 Å². The summed E-state index contributed by atoms with van der Waals surface area (Å²) < 4.78 is 13.1. The van der Waals surface area contributed by atoms with E-state index in [-0.39, 0.29) is 5.82 Å². The first-order valence-electron chi connectivity index (χ1n) is 5.49. The normalized spacial score (nSPS) is 10.4. The van der Waals surface area contributed by atoms with E-state index in [0.29, 0.717) is 0 Å². The standard InChI is InChI=1S/C13H18F/c1-2-3-4-5-6-9-12-10-7-8-11-13(12)14/h7,10-11H,2-6,9H2,1H3. The van der Waals surface area contributed by atoms with Gasteiger partial charge in [0.1, 0.15) is 5.82 Å². The minimum Gasteiger partial charge on any atom is -0.207 e. The molecular formula is C13H18F. The lowest BCUT2D eigenvalue weighted by Crippen LogP contribution is -1.90. The van der Waals surface area contributed by atoms with Crippen molar-refractivity contribution in [3.05, 3.63) is 35.6 Å². The number of hydrogen-bond donors (Lipinski definition) is 0. The van der Waals surface area contributed by atoms with Crippen LogP contribution in [0, 0.1) is 11.9 Å². The molecule has 0 heterocycles. The lowest BCUT2D eigenvalue weighted by atomic mass is 10.1. The molecule has 0 bridgehead atoms. The van der Waals surface area contributed by atoms with Crippen molar-refractivity contribution in [3.8, 4) is 0 Å². The third-order valence-corrected chi connectivity index (χ3v) is 2.45. The molecule has 0 aliphatic heterocycles. The Labute approximate surface area is 86.2 Å². The van der Waals surface area contributed by atoms with Crippen LogP contribution in [0.1, 0.15) is 44.6 Å². The van der Waals surface area contributed by atoms with Gasteiger partial charge in [0.05, 0.1) is 0 Å². The van der Waals surface area contributed by atoms with E-state index in [0.717, 1.165) is 18.4 Å². The van der Waals surface area contributed by atoms with Crippen LogP contribution in [0.5, 0.6) is 0 Å². The summed E-state index contributed by atoms with van der Waals surface area (Å²) in [6.07, 6.45) is 7.01. The van der Waals surface area contributed by atoms with Gasteiger partial charge in [-0.3, -0.25) is 0 Å². The molecule has 0 saturated carbocycles. The minimum absolute atomic E-state index is 0.108. The van der Waals surface area contributed by atoms with Crippen LogP contribution >= 0.6 is 0 Å². The first kappa shape index (κ1) is 11.2. The maximum Gasteiger partial charge on any atom is 0.127 e. The summed E-state index contributed by atoms with van der Waals surface area (Å²) >= 11 is 0. The van der Waals surface area contributed by atoms with E-state index in [4.69, 9.17) is 0 Å². The predicted octanol–water partition coefficient (Wildman–Crippen LogP) is 4.14. The van der Waals surface area contributed by atoms with Gasteiger partial charge in [-0.2, -0.15) is 0 Å². The van der Waals surface area contributed by atoms with Crippen LogP contribution in [0.2, 0.25) is 0 Å². The minimum atomic E-state index is -0.108. The Bertz CT molecular complexity index is 255. The van der Waals surface area contributed by atoms with Crippen molar-refractivity contribution >= 4 is 0 Å². The van der Waals surface area contributed by atoms with E-state index >= 15 is 0 Å². The van der Waals surface area contributed by atoms with Crippen molar-refractivity contribution in [3.63, 3.8) is 0 Å². The largest absolute Gasteiger partial charge is 0.207 e. The van der Waals surface area contributed by atoms with Crippen LogP contribution in [-0.4, -0.2) is 0 Å². The van der Waals surface area contributed by atoms with Crippen LogP contribution in [0.4, 0.5) is 4.39 Å². The van der Waals surface area contributed by atoms with Gasteiger partial charge in [-0.25, -0.2) is 4.39 Å². The van der Waals surface area contributed by atoms with Gasteiger partial charge in [-0.1, -0.05) is 44.7 Å². The van der Waals surface area contributed by atoms with Gasteiger partial charge < -0.3 is 0 Å². The fourth-order valence-electron chi connectivity index (χ4n) is 1.56. The highest BCUT2D eigenvalue weighted by Crippen LogP contribution is 2.11. The van der Waals surface area contributed by atoms with E-state index in [9.17, 15) is 4.39 Å². The van der Waals surface area contributed by atoms with Gasteiger partial charge in [-0.15, -0.1) is 0 Å². The number of benzene rings is 1. The number of hydrogen-bond acceptors (Lipinski definition) is 0. The topological polar surface area (TPSA) is 0 Å². The molecule has 0 unspecified atom stereocenters. The van der Waals surface area contributed by atoms with Gasteiger partial charge >= 0.3 is 0 Å². The highest BCUT2D eigenvalue weighted by molar-refractivity contribution is 5.16. The SMILES string of the molecule is CCCCCCCc1cc[c]cc1F. The van der Waals surface area contributed by atoms with Crippen LogP contribution in [-0.2, 0) is 6.42 Å². The van der Waals surface area contributed by atoms with Crippen LogP contribution in [0.3, 0.4) is 0 Å². The van der Waals surface area contributed by atoms with Crippen molar-refractivity contribution in [2.45, 2.75) is 45.4 Å². The molecule has 0 aliphatic carbocycles. The third-order valence-electron chi connectivity index (χ3n) is 2.45. The summed E-state index contributed by atoms with van der Waals surface area (Å²) in [4.78, 5) is 0. The highest BCUT2D eigenvalue weighted by atomic mass is 19.1. The van der Waals surface area contributed by atoms with Crippen LogP contribution in [0.15, 0.2) is 18.2 Å². The lowest BCUT2D eigenvalue weighted by Gasteiger charge is -2.02. The lowest BCUT2D eigenvalue weighted by molar-refractivity contribution is 0.587. The van der Waals surface area contributed by atoms with Gasteiger partial charge in [0.2, 0.25) is 0 Å². The molecule has 0 saturated heterocycles. The number of halogens is 1. The molecule has 14 heavy (non-hydrogen) atoms. The number of unbranched alkanes of at least 4 members (excludes halogenated alkanes) is 4. The zero-order valence-electron chi connectivity index (χ0n) is 8.85. The molecule has 1 radical (unpaired) electrons. The molecule has 0 aliphatic rings. The Morgan fingerprint density at radius 1 is 1.21 bits per heavy atom. The molecular weight excluding hydrogens is 175 g/mol. The predicted molar refractivity (Wildman–Crippen MR) is 57.7 cm³/mol. The molecule has 0 aromatic heterocycles. The van der Waals surface area contributed by atoms with Gasteiger partial charge in [0, 0.05) is 0 Å². The highest BCUT2D eigenvalue weighted by Gasteiger charge is 1.99. The monoisotopic (exact) mass is 193 g/mol. The molecule has 1 aromatic rings. The first-order chi connectivity index (χ1) is 6.84. The zero-order chi connectivity index (χ0) is 10.2. The fourth-order valence-corrected chi connectivity index (χ4v) is 1.56. The summed E-state index contributed by atoms with van der Waals surface area (Å²) in [6, 6.07) is 7.77. The van der Waals surface area contributed by atoms with Crippen molar-refractivity contribution in [1.82, 2.24) is 0 Å². The second kappa shape index (κ2) is 6.58. The Kier molecular flexibility index (Phi) is 5.28. The van der Waals surface area contributed by atoms with Crippen molar-refractivity contribution in [2.24, 2.45) is 0 Å². The van der Waals surface area contributed by atoms with Crippen molar-refractivity contribution in [1.29, 1.82) is 0 Å². The third kappa shape index (κ3) is 3.91. The summed E-state index contributed by atoms with van der Waals surface area (Å²) in [5.41, 5.74) is 0.834. The molecule has 1 heteroatoms. The molecule has 0 N–H and O–H groups in total. The van der Waals surface area contributed by atoms with E-state index in [1.807, 2.05) is 6.07 Å². The molecule has 0 fully saturated rings. The van der Waals surface area contributed by atoms with Crippen molar-refractivity contribution < 1.29 is 4.39 Å². The van der Waals surface area contributed by atoms with E-state index in [1.54, 1.807) is 6.07 Å². The Hall–Kier alpha value is -0.850. The molecule has 0 spiro atoms. The Morgan fingerprint density at radius 2 is 2.00 bits per heavy atom. The summed E-state index contributed by atoms with van der Waals surface area (Å²) in [6.45, 7) is 2.20. The average Bonchev–Trinajstić information content (AvgIpc) is 2.20. The molecule has 0 nitrogen and oxygen atoms in total. The summed E-state index contributed by atoms with van der Waals surface area (Å²) in [5.74, 6) is -0.108. The van der Waals surface area contributed by atoms with Crippen LogP contribution < -0.4 is 0 Å². The Balaban J connectivity index is 2.21. The quantitative estimate of drug-likeness (QED) is 0.596.